The highest BCUT2D eigenvalue weighted by molar-refractivity contribution is 5.95. The smallest absolute Gasteiger partial charge is 0.267 e. The summed E-state index contributed by atoms with van der Waals surface area (Å²) in [4.78, 5) is 28.1. The average molecular weight is 395 g/mol. The van der Waals surface area contributed by atoms with Gasteiger partial charge in [0.2, 0.25) is 6.79 Å². The van der Waals surface area contributed by atoms with Crippen molar-refractivity contribution >= 4 is 23.6 Å². The van der Waals surface area contributed by atoms with E-state index >= 15 is 0 Å². The van der Waals surface area contributed by atoms with Crippen molar-refractivity contribution in [2.45, 2.75) is 0 Å². The van der Waals surface area contributed by atoms with Crippen molar-refractivity contribution in [1.29, 1.82) is 0 Å². The first-order valence-corrected chi connectivity index (χ1v) is 9.31. The first-order chi connectivity index (χ1) is 14.2. The van der Waals surface area contributed by atoms with Crippen molar-refractivity contribution in [3.05, 3.63) is 59.7 Å². The Morgan fingerprint density at radius 3 is 2.55 bits per heavy atom. The number of nitrogens with one attached hydrogen (secondary N) is 1. The number of hydrogen-bond acceptors (Lipinski definition) is 6. The second-order valence-electron chi connectivity index (χ2n) is 6.72. The van der Waals surface area contributed by atoms with Gasteiger partial charge in [0.25, 0.3) is 11.8 Å². The van der Waals surface area contributed by atoms with Gasteiger partial charge >= 0.3 is 0 Å². The lowest BCUT2D eigenvalue weighted by molar-refractivity contribution is -0.124. The van der Waals surface area contributed by atoms with E-state index in [0.29, 0.717) is 43.2 Å². The van der Waals surface area contributed by atoms with Crippen LogP contribution < -0.4 is 19.9 Å². The summed E-state index contributed by atoms with van der Waals surface area (Å²) in [6.07, 6.45) is 2.93. The standard InChI is InChI=1S/C21H21N3O5/c25-20(22-27)8-6-15-3-1-2-4-17(15)23-9-11-24(12-10-23)21(26)16-5-7-18-19(13-16)29-14-28-18/h1-8,13,27H,9-12,14H2,(H,22,25)/b8-6+. The van der Waals surface area contributed by atoms with E-state index in [9.17, 15) is 9.59 Å². The highest BCUT2D eigenvalue weighted by Crippen LogP contribution is 2.33. The van der Waals surface area contributed by atoms with Crippen LogP contribution in [-0.2, 0) is 4.79 Å². The van der Waals surface area contributed by atoms with Crippen LogP contribution >= 0.6 is 0 Å². The number of benzene rings is 2. The highest BCUT2D eigenvalue weighted by Gasteiger charge is 2.24. The van der Waals surface area contributed by atoms with E-state index in [1.807, 2.05) is 29.2 Å². The molecule has 0 aliphatic carbocycles. The topological polar surface area (TPSA) is 91.3 Å². The molecule has 0 saturated carbocycles. The first kappa shape index (κ1) is 18.8. The molecule has 2 N–H and O–H groups in total. The second-order valence-corrected chi connectivity index (χ2v) is 6.72. The molecule has 2 aliphatic rings. The van der Waals surface area contributed by atoms with Gasteiger partial charge < -0.3 is 19.3 Å². The number of carbonyl (C=O) groups is 2. The maximum atomic E-state index is 12.9. The van der Waals surface area contributed by atoms with Gasteiger partial charge in [-0.3, -0.25) is 14.8 Å². The Morgan fingerprint density at radius 1 is 1.00 bits per heavy atom. The molecule has 0 unspecified atom stereocenters. The van der Waals surface area contributed by atoms with E-state index in [0.717, 1.165) is 11.3 Å². The van der Waals surface area contributed by atoms with E-state index in [4.69, 9.17) is 14.7 Å². The zero-order valence-corrected chi connectivity index (χ0v) is 15.7. The molecule has 0 atom stereocenters. The molecule has 8 heteroatoms. The Labute approximate surface area is 167 Å². The molecular formula is C21H21N3O5. The highest BCUT2D eigenvalue weighted by atomic mass is 16.7. The van der Waals surface area contributed by atoms with Crippen LogP contribution in [0.15, 0.2) is 48.5 Å². The minimum atomic E-state index is -0.584. The Bertz CT molecular complexity index is 951. The number of rotatable bonds is 4. The maximum Gasteiger partial charge on any atom is 0.267 e. The Kier molecular flexibility index (Phi) is 5.35. The number of ether oxygens (including phenoxy) is 2. The van der Waals surface area contributed by atoms with Crippen molar-refractivity contribution in [2.24, 2.45) is 0 Å². The van der Waals surface area contributed by atoms with Crippen molar-refractivity contribution in [3.8, 4) is 11.5 Å². The van der Waals surface area contributed by atoms with Gasteiger partial charge in [-0.1, -0.05) is 18.2 Å². The summed E-state index contributed by atoms with van der Waals surface area (Å²) >= 11 is 0. The summed E-state index contributed by atoms with van der Waals surface area (Å²) in [6.45, 7) is 2.70. The van der Waals surface area contributed by atoms with Crippen LogP contribution in [0.25, 0.3) is 6.08 Å². The van der Waals surface area contributed by atoms with Crippen molar-refractivity contribution in [1.82, 2.24) is 10.4 Å². The van der Waals surface area contributed by atoms with Crippen molar-refractivity contribution < 1.29 is 24.3 Å². The van der Waals surface area contributed by atoms with Crippen molar-refractivity contribution in [2.75, 3.05) is 37.9 Å². The molecule has 2 aliphatic heterocycles. The van der Waals surface area contributed by atoms with Gasteiger partial charge in [-0.2, -0.15) is 0 Å². The summed E-state index contributed by atoms with van der Waals surface area (Å²) in [6, 6.07) is 12.9. The minimum absolute atomic E-state index is 0.0317. The molecule has 1 fully saturated rings. The average Bonchev–Trinajstić information content (AvgIpc) is 3.25. The van der Waals surface area contributed by atoms with E-state index in [1.54, 1.807) is 29.8 Å². The van der Waals surface area contributed by atoms with Gasteiger partial charge in [0.1, 0.15) is 0 Å². The Morgan fingerprint density at radius 2 is 1.76 bits per heavy atom. The molecular weight excluding hydrogens is 374 g/mol. The van der Waals surface area contributed by atoms with Gasteiger partial charge in [0.05, 0.1) is 0 Å². The number of piperazine rings is 1. The lowest BCUT2D eigenvalue weighted by atomic mass is 10.1. The number of fused-ring (bicyclic) bond motifs is 1. The van der Waals surface area contributed by atoms with Crippen LogP contribution in [-0.4, -0.2) is 54.9 Å². The van der Waals surface area contributed by atoms with Crippen LogP contribution in [0.1, 0.15) is 15.9 Å². The van der Waals surface area contributed by atoms with Gasteiger partial charge in [-0.05, 0) is 35.9 Å². The summed E-state index contributed by atoms with van der Waals surface area (Å²) in [5.41, 5.74) is 4.01. The summed E-state index contributed by atoms with van der Waals surface area (Å²) in [5, 5.41) is 8.64. The molecule has 0 radical (unpaired) electrons. The lowest BCUT2D eigenvalue weighted by Crippen LogP contribution is -2.49. The van der Waals surface area contributed by atoms with Crippen LogP contribution in [0.2, 0.25) is 0 Å². The molecule has 0 spiro atoms. The quantitative estimate of drug-likeness (QED) is 0.467. The van der Waals surface area contributed by atoms with Gasteiger partial charge in [-0.25, -0.2) is 5.48 Å². The minimum Gasteiger partial charge on any atom is -0.454 e. The number of hydroxylamine groups is 1. The second kappa shape index (κ2) is 8.24. The Balaban J connectivity index is 1.43. The van der Waals surface area contributed by atoms with E-state index < -0.39 is 5.91 Å². The molecule has 8 nitrogen and oxygen atoms in total. The first-order valence-electron chi connectivity index (χ1n) is 9.31. The zero-order valence-electron chi connectivity index (χ0n) is 15.7. The van der Waals surface area contributed by atoms with E-state index in [-0.39, 0.29) is 12.7 Å². The number of carbonyl (C=O) groups excluding carboxylic acids is 2. The molecule has 2 aromatic rings. The van der Waals surface area contributed by atoms with Crippen LogP contribution in [0, 0.1) is 0 Å². The molecule has 2 heterocycles. The molecule has 4 rings (SSSR count). The fraction of sp³-hybridized carbons (Fsp3) is 0.238. The fourth-order valence-corrected chi connectivity index (χ4v) is 3.48. The summed E-state index contributed by atoms with van der Waals surface area (Å²) in [5.74, 6) is 0.641. The molecule has 29 heavy (non-hydrogen) atoms. The van der Waals surface area contributed by atoms with Crippen molar-refractivity contribution in [3.63, 3.8) is 0 Å². The third kappa shape index (κ3) is 4.02. The third-order valence-electron chi connectivity index (χ3n) is 4.99. The van der Waals surface area contributed by atoms with E-state index in [1.165, 1.54) is 6.08 Å². The number of anilines is 1. The molecule has 0 bridgehead atoms. The number of hydrogen-bond donors (Lipinski definition) is 2. The Hall–Kier alpha value is -3.52. The number of nitrogens with zero attached hydrogens (tertiary/aromatic N) is 2. The summed E-state index contributed by atoms with van der Waals surface area (Å²) in [7, 11) is 0. The predicted molar refractivity (Wildman–Crippen MR) is 106 cm³/mol. The lowest BCUT2D eigenvalue weighted by Gasteiger charge is -2.36. The van der Waals surface area contributed by atoms with Crippen LogP contribution in [0.5, 0.6) is 11.5 Å². The number of para-hydroxylation sites is 1. The molecule has 150 valence electrons. The monoisotopic (exact) mass is 395 g/mol. The fourth-order valence-electron chi connectivity index (χ4n) is 3.48. The third-order valence-corrected chi connectivity index (χ3v) is 4.99. The van der Waals surface area contributed by atoms with Gasteiger partial charge in [0, 0.05) is 43.5 Å². The SMILES string of the molecule is O=C(/C=C/c1ccccc1N1CCN(C(=O)c2ccc3c(c2)OCO3)CC1)NO. The molecule has 0 aromatic heterocycles. The van der Waals surface area contributed by atoms with Gasteiger partial charge in [-0.15, -0.1) is 0 Å². The molecule has 2 amide bonds. The summed E-state index contributed by atoms with van der Waals surface area (Å²) < 4.78 is 10.7. The molecule has 1 saturated heterocycles. The zero-order chi connectivity index (χ0) is 20.2. The molecule has 2 aromatic carbocycles. The normalized spacial score (nSPS) is 15.6. The largest absolute Gasteiger partial charge is 0.454 e. The van der Waals surface area contributed by atoms with E-state index in [2.05, 4.69) is 4.90 Å². The number of amides is 2. The maximum absolute atomic E-state index is 12.9. The van der Waals surface area contributed by atoms with Gasteiger partial charge in [0.15, 0.2) is 11.5 Å². The predicted octanol–water partition coefficient (Wildman–Crippen LogP) is 1.90. The van der Waals surface area contributed by atoms with Crippen LogP contribution in [0.3, 0.4) is 0 Å². The van der Waals surface area contributed by atoms with Crippen LogP contribution in [0.4, 0.5) is 5.69 Å².